The van der Waals surface area contributed by atoms with Gasteiger partial charge in [-0.25, -0.2) is 4.39 Å². The fourth-order valence-electron chi connectivity index (χ4n) is 2.15. The van der Waals surface area contributed by atoms with Crippen LogP contribution in [0, 0.1) is 19.7 Å². The minimum absolute atomic E-state index is 0.0594. The first-order valence-corrected chi connectivity index (χ1v) is 6.94. The number of aryl methyl sites for hydroxylation is 2. The van der Waals surface area contributed by atoms with Gasteiger partial charge in [-0.1, -0.05) is 12.1 Å². The van der Waals surface area contributed by atoms with Crippen molar-refractivity contribution in [3.8, 4) is 0 Å². The predicted octanol–water partition coefficient (Wildman–Crippen LogP) is 2.95. The van der Waals surface area contributed by atoms with Crippen LogP contribution in [0.3, 0.4) is 0 Å². The molecule has 2 aromatic rings. The molecule has 0 spiro atoms. The molecular formula is C16H21FN4. The molecule has 21 heavy (non-hydrogen) atoms. The van der Waals surface area contributed by atoms with Crippen LogP contribution >= 0.6 is 0 Å². The van der Waals surface area contributed by atoms with Crippen molar-refractivity contribution in [3.63, 3.8) is 0 Å². The molecule has 0 saturated carbocycles. The van der Waals surface area contributed by atoms with Crippen molar-refractivity contribution in [3.05, 3.63) is 53.0 Å². The third-order valence-electron chi connectivity index (χ3n) is 3.56. The van der Waals surface area contributed by atoms with Gasteiger partial charge in [0.1, 0.15) is 11.6 Å². The van der Waals surface area contributed by atoms with Crippen LogP contribution in [0.1, 0.15) is 22.9 Å². The Morgan fingerprint density at radius 1 is 1.19 bits per heavy atom. The Hall–Kier alpha value is -2.01. The number of nitrogens with zero attached hydrogens (tertiary/aromatic N) is 3. The zero-order chi connectivity index (χ0) is 15.4. The summed E-state index contributed by atoms with van der Waals surface area (Å²) in [6, 6.07) is 8.72. The molecule has 1 atom stereocenters. The van der Waals surface area contributed by atoms with Crippen LogP contribution in [0.2, 0.25) is 0 Å². The topological polar surface area (TPSA) is 41.0 Å². The van der Waals surface area contributed by atoms with E-state index in [2.05, 4.69) is 20.4 Å². The van der Waals surface area contributed by atoms with E-state index in [1.54, 1.807) is 12.1 Å². The number of halogens is 1. The molecule has 0 saturated heterocycles. The maximum atomic E-state index is 13.4. The summed E-state index contributed by atoms with van der Waals surface area (Å²) in [5, 5.41) is 11.5. The highest BCUT2D eigenvalue weighted by Gasteiger charge is 2.15. The fourth-order valence-corrected chi connectivity index (χ4v) is 2.15. The van der Waals surface area contributed by atoms with Crippen LogP contribution in [0.25, 0.3) is 0 Å². The number of rotatable bonds is 5. The number of anilines is 1. The van der Waals surface area contributed by atoms with Gasteiger partial charge in [0.2, 0.25) is 0 Å². The lowest BCUT2D eigenvalue weighted by molar-refractivity contribution is 0.311. The average molecular weight is 288 g/mol. The van der Waals surface area contributed by atoms with E-state index in [9.17, 15) is 4.39 Å². The standard InChI is InChI=1S/C16H21FN4/c1-11-8-16(20-19-12(11)2)18-10-15(21(3)4)13-6-5-7-14(17)9-13/h5-9,15H,10H2,1-4H3,(H,18,20). The summed E-state index contributed by atoms with van der Waals surface area (Å²) in [6.45, 7) is 4.57. The summed E-state index contributed by atoms with van der Waals surface area (Å²) in [7, 11) is 3.95. The molecule has 0 radical (unpaired) electrons. The van der Waals surface area contributed by atoms with E-state index in [0.717, 1.165) is 22.6 Å². The quantitative estimate of drug-likeness (QED) is 0.918. The number of likely N-dealkylation sites (N-methyl/N-ethyl adjacent to an activating group) is 1. The molecule has 1 heterocycles. The lowest BCUT2D eigenvalue weighted by atomic mass is 10.1. The van der Waals surface area contributed by atoms with Gasteiger partial charge in [-0.2, -0.15) is 5.10 Å². The van der Waals surface area contributed by atoms with Crippen molar-refractivity contribution in [2.24, 2.45) is 0 Å². The Labute approximate surface area is 125 Å². The third kappa shape index (κ3) is 3.98. The van der Waals surface area contributed by atoms with Crippen molar-refractivity contribution in [2.75, 3.05) is 26.0 Å². The Balaban J connectivity index is 2.12. The second kappa shape index (κ2) is 6.63. The smallest absolute Gasteiger partial charge is 0.148 e. The van der Waals surface area contributed by atoms with Crippen LogP contribution in [0.4, 0.5) is 10.2 Å². The molecule has 4 nitrogen and oxygen atoms in total. The first-order chi connectivity index (χ1) is 9.97. The van der Waals surface area contributed by atoms with E-state index in [0.29, 0.717) is 6.54 Å². The molecule has 5 heteroatoms. The minimum atomic E-state index is -0.217. The average Bonchev–Trinajstić information content (AvgIpc) is 2.42. The van der Waals surface area contributed by atoms with E-state index >= 15 is 0 Å². The number of benzene rings is 1. The predicted molar refractivity (Wildman–Crippen MR) is 82.8 cm³/mol. The largest absolute Gasteiger partial charge is 0.367 e. The molecule has 0 aliphatic rings. The molecule has 1 aromatic carbocycles. The molecule has 0 amide bonds. The Kier molecular flexibility index (Phi) is 4.85. The van der Waals surface area contributed by atoms with E-state index in [1.807, 2.05) is 40.1 Å². The minimum Gasteiger partial charge on any atom is -0.367 e. The number of hydrogen-bond acceptors (Lipinski definition) is 4. The first kappa shape index (κ1) is 15.4. The molecule has 1 aromatic heterocycles. The van der Waals surface area contributed by atoms with Gasteiger partial charge in [0.15, 0.2) is 0 Å². The SMILES string of the molecule is Cc1cc(NCC(c2cccc(F)c2)N(C)C)nnc1C. The van der Waals surface area contributed by atoms with Crippen molar-refractivity contribution < 1.29 is 4.39 Å². The van der Waals surface area contributed by atoms with Gasteiger partial charge < -0.3 is 10.2 Å². The summed E-state index contributed by atoms with van der Waals surface area (Å²) in [6.07, 6.45) is 0. The first-order valence-electron chi connectivity index (χ1n) is 6.94. The summed E-state index contributed by atoms with van der Waals surface area (Å²) in [5.74, 6) is 0.520. The monoisotopic (exact) mass is 288 g/mol. The van der Waals surface area contributed by atoms with Crippen LogP contribution in [0.15, 0.2) is 30.3 Å². The van der Waals surface area contributed by atoms with Gasteiger partial charge in [-0.3, -0.25) is 0 Å². The lowest BCUT2D eigenvalue weighted by Crippen LogP contribution is -2.27. The van der Waals surface area contributed by atoms with Gasteiger partial charge in [-0.15, -0.1) is 5.10 Å². The molecule has 1 N–H and O–H groups in total. The van der Waals surface area contributed by atoms with E-state index in [-0.39, 0.29) is 11.9 Å². The molecule has 0 bridgehead atoms. The van der Waals surface area contributed by atoms with Crippen molar-refractivity contribution in [1.82, 2.24) is 15.1 Å². The molecule has 2 rings (SSSR count). The summed E-state index contributed by atoms with van der Waals surface area (Å²) < 4.78 is 13.4. The zero-order valence-electron chi connectivity index (χ0n) is 12.9. The summed E-state index contributed by atoms with van der Waals surface area (Å²) in [5.41, 5.74) is 2.96. The van der Waals surface area contributed by atoms with Crippen LogP contribution < -0.4 is 5.32 Å². The molecular weight excluding hydrogens is 267 g/mol. The van der Waals surface area contributed by atoms with Crippen molar-refractivity contribution in [2.45, 2.75) is 19.9 Å². The highest BCUT2D eigenvalue weighted by atomic mass is 19.1. The second-order valence-corrected chi connectivity index (χ2v) is 5.41. The van der Waals surface area contributed by atoms with E-state index < -0.39 is 0 Å². The molecule has 0 aliphatic heterocycles. The number of hydrogen-bond donors (Lipinski definition) is 1. The molecule has 1 unspecified atom stereocenters. The summed E-state index contributed by atoms with van der Waals surface area (Å²) in [4.78, 5) is 2.05. The van der Waals surface area contributed by atoms with E-state index in [4.69, 9.17) is 0 Å². The van der Waals surface area contributed by atoms with Gasteiger partial charge in [0, 0.05) is 6.54 Å². The molecule has 0 fully saturated rings. The van der Waals surface area contributed by atoms with Gasteiger partial charge >= 0.3 is 0 Å². The number of aromatic nitrogens is 2. The maximum Gasteiger partial charge on any atom is 0.148 e. The third-order valence-corrected chi connectivity index (χ3v) is 3.56. The molecule has 112 valence electrons. The highest BCUT2D eigenvalue weighted by Crippen LogP contribution is 2.20. The number of nitrogens with one attached hydrogen (secondary N) is 1. The second-order valence-electron chi connectivity index (χ2n) is 5.41. The lowest BCUT2D eigenvalue weighted by Gasteiger charge is -2.25. The van der Waals surface area contributed by atoms with Crippen molar-refractivity contribution >= 4 is 5.82 Å². The van der Waals surface area contributed by atoms with Crippen LogP contribution in [-0.2, 0) is 0 Å². The van der Waals surface area contributed by atoms with Crippen LogP contribution in [-0.4, -0.2) is 35.7 Å². The fraction of sp³-hybridized carbons (Fsp3) is 0.375. The van der Waals surface area contributed by atoms with Crippen LogP contribution in [0.5, 0.6) is 0 Å². The normalized spacial score (nSPS) is 12.5. The van der Waals surface area contributed by atoms with E-state index in [1.165, 1.54) is 6.07 Å². The van der Waals surface area contributed by atoms with Gasteiger partial charge in [0.05, 0.1) is 11.7 Å². The zero-order valence-corrected chi connectivity index (χ0v) is 12.9. The summed E-state index contributed by atoms with van der Waals surface area (Å²) >= 11 is 0. The Morgan fingerprint density at radius 2 is 1.95 bits per heavy atom. The Morgan fingerprint density at radius 3 is 2.57 bits per heavy atom. The highest BCUT2D eigenvalue weighted by molar-refractivity contribution is 5.38. The van der Waals surface area contributed by atoms with Gasteiger partial charge in [-0.05, 0) is 57.3 Å². The molecule has 0 aliphatic carbocycles. The maximum absolute atomic E-state index is 13.4. The Bertz CT molecular complexity index is 613. The van der Waals surface area contributed by atoms with Crippen molar-refractivity contribution in [1.29, 1.82) is 0 Å². The van der Waals surface area contributed by atoms with Gasteiger partial charge in [0.25, 0.3) is 0 Å².